The summed E-state index contributed by atoms with van der Waals surface area (Å²) >= 11 is 11.4. The Kier molecular flexibility index (Phi) is 7.77. The van der Waals surface area contributed by atoms with Gasteiger partial charge in [0, 0.05) is 28.9 Å². The third-order valence-electron chi connectivity index (χ3n) is 3.45. The van der Waals surface area contributed by atoms with Crippen molar-refractivity contribution in [2.24, 2.45) is 5.73 Å². The van der Waals surface area contributed by atoms with Crippen LogP contribution in [0, 0.1) is 0 Å². The first kappa shape index (κ1) is 17.3. The zero-order valence-corrected chi connectivity index (χ0v) is 14.9. The maximum Gasteiger partial charge on any atom is 0.0548 e. The number of halogens is 2. The minimum atomic E-state index is 0.227. The van der Waals surface area contributed by atoms with Gasteiger partial charge in [0.2, 0.25) is 0 Å². The number of rotatable bonds is 7. The molecule has 5 heteroatoms. The van der Waals surface area contributed by atoms with E-state index in [1.54, 1.807) is 0 Å². The first-order chi connectivity index (χ1) is 9.04. The number of nitrogens with zero attached hydrogens (tertiary/aromatic N) is 1. The van der Waals surface area contributed by atoms with Crippen LogP contribution < -0.4 is 5.73 Å². The second-order valence-electron chi connectivity index (χ2n) is 4.61. The highest BCUT2D eigenvalue weighted by Gasteiger charge is 2.22. The Morgan fingerprint density at radius 3 is 2.63 bits per heavy atom. The number of hydrogen-bond acceptors (Lipinski definition) is 3. The summed E-state index contributed by atoms with van der Waals surface area (Å²) in [5.41, 5.74) is 7.19. The Morgan fingerprint density at radius 1 is 1.47 bits per heavy atom. The number of hydrogen-bond donors (Lipinski definition) is 1. The molecule has 1 rings (SSSR count). The summed E-state index contributed by atoms with van der Waals surface area (Å²) in [6.07, 6.45) is 3.27. The lowest BCUT2D eigenvalue weighted by Crippen LogP contribution is -2.39. The minimum absolute atomic E-state index is 0.227. The van der Waals surface area contributed by atoms with Crippen LogP contribution in [0.5, 0.6) is 0 Å². The molecule has 0 aliphatic heterocycles. The van der Waals surface area contributed by atoms with Crippen molar-refractivity contribution in [2.75, 3.05) is 25.6 Å². The Hall–Kier alpha value is 0.260. The van der Waals surface area contributed by atoms with Crippen LogP contribution in [0.15, 0.2) is 22.7 Å². The topological polar surface area (TPSA) is 29.3 Å². The first-order valence-corrected chi connectivity index (χ1v) is 8.97. The lowest BCUT2D eigenvalue weighted by atomic mass is 10.0. The van der Waals surface area contributed by atoms with Gasteiger partial charge in [-0.1, -0.05) is 24.6 Å². The van der Waals surface area contributed by atoms with Crippen LogP contribution >= 0.6 is 39.3 Å². The molecule has 0 radical (unpaired) electrons. The van der Waals surface area contributed by atoms with Crippen LogP contribution in [0.4, 0.5) is 0 Å². The third-order valence-corrected chi connectivity index (χ3v) is 5.38. The van der Waals surface area contributed by atoms with Crippen molar-refractivity contribution in [1.29, 1.82) is 0 Å². The Labute approximate surface area is 134 Å². The van der Waals surface area contributed by atoms with Crippen molar-refractivity contribution in [3.63, 3.8) is 0 Å². The second kappa shape index (κ2) is 8.53. The van der Waals surface area contributed by atoms with Crippen molar-refractivity contribution in [3.05, 3.63) is 33.3 Å². The molecule has 0 heterocycles. The fourth-order valence-corrected chi connectivity index (χ4v) is 3.60. The van der Waals surface area contributed by atoms with E-state index in [0.717, 1.165) is 21.7 Å². The smallest absolute Gasteiger partial charge is 0.0548 e. The van der Waals surface area contributed by atoms with Gasteiger partial charge in [0.05, 0.1) is 5.02 Å². The molecule has 1 aromatic rings. The van der Waals surface area contributed by atoms with Crippen molar-refractivity contribution < 1.29 is 0 Å². The number of likely N-dealkylation sites (N-methyl/N-ethyl adjacent to an activating group) is 1. The van der Waals surface area contributed by atoms with Crippen LogP contribution in [0.2, 0.25) is 5.02 Å². The van der Waals surface area contributed by atoms with Gasteiger partial charge in [-0.25, -0.2) is 0 Å². The van der Waals surface area contributed by atoms with E-state index in [2.05, 4.69) is 53.2 Å². The molecule has 0 bridgehead atoms. The van der Waals surface area contributed by atoms with Crippen LogP contribution in [-0.4, -0.2) is 36.5 Å². The molecule has 0 fully saturated rings. The van der Waals surface area contributed by atoms with Gasteiger partial charge in [0.1, 0.15) is 0 Å². The summed E-state index contributed by atoms with van der Waals surface area (Å²) < 4.78 is 0.927. The summed E-state index contributed by atoms with van der Waals surface area (Å²) in [5.74, 6) is 1.12. The molecule has 0 saturated heterocycles. The van der Waals surface area contributed by atoms with Crippen molar-refractivity contribution in [1.82, 2.24) is 4.90 Å². The van der Waals surface area contributed by atoms with Crippen LogP contribution in [0.25, 0.3) is 0 Å². The van der Waals surface area contributed by atoms with E-state index in [1.165, 1.54) is 5.56 Å². The van der Waals surface area contributed by atoms with E-state index in [1.807, 2.05) is 17.8 Å². The third kappa shape index (κ3) is 4.64. The van der Waals surface area contributed by atoms with Gasteiger partial charge in [0.25, 0.3) is 0 Å². The van der Waals surface area contributed by atoms with Crippen molar-refractivity contribution >= 4 is 39.3 Å². The first-order valence-electron chi connectivity index (χ1n) is 6.41. The summed E-state index contributed by atoms with van der Waals surface area (Å²) in [5, 5.41) is 0.735. The Bertz CT molecular complexity index is 403. The molecule has 108 valence electrons. The van der Waals surface area contributed by atoms with Gasteiger partial charge in [0.15, 0.2) is 0 Å². The molecule has 2 unspecified atom stereocenters. The molecule has 0 aliphatic carbocycles. The zero-order chi connectivity index (χ0) is 14.4. The van der Waals surface area contributed by atoms with Gasteiger partial charge in [-0.05, 0) is 53.4 Å². The summed E-state index contributed by atoms with van der Waals surface area (Å²) in [6.45, 7) is 2.83. The summed E-state index contributed by atoms with van der Waals surface area (Å²) in [4.78, 5) is 2.38. The van der Waals surface area contributed by atoms with E-state index < -0.39 is 0 Å². The van der Waals surface area contributed by atoms with E-state index in [0.29, 0.717) is 12.6 Å². The average Bonchev–Trinajstić information content (AvgIpc) is 2.40. The molecule has 1 aromatic carbocycles. The highest BCUT2D eigenvalue weighted by Crippen LogP contribution is 2.29. The van der Waals surface area contributed by atoms with Crippen LogP contribution in [0.3, 0.4) is 0 Å². The number of thioether (sulfide) groups is 1. The summed E-state index contributed by atoms with van der Waals surface area (Å²) in [6, 6.07) is 6.82. The van der Waals surface area contributed by atoms with Gasteiger partial charge >= 0.3 is 0 Å². The predicted octanol–water partition coefficient (Wildman–Crippen LogP) is 4.18. The monoisotopic (exact) mass is 364 g/mol. The molecule has 0 saturated carbocycles. The van der Waals surface area contributed by atoms with Crippen molar-refractivity contribution in [3.8, 4) is 0 Å². The lowest BCUT2D eigenvalue weighted by Gasteiger charge is -2.34. The predicted molar refractivity (Wildman–Crippen MR) is 91.2 cm³/mol. The SMILES string of the molecule is CCC(CSC)N(C)C(CN)c1ccc(Cl)c(Br)c1. The molecule has 2 N–H and O–H groups in total. The largest absolute Gasteiger partial charge is 0.329 e. The normalized spacial score (nSPS) is 14.7. The fraction of sp³-hybridized carbons (Fsp3) is 0.571. The molecule has 0 aromatic heterocycles. The Balaban J connectivity index is 2.94. The van der Waals surface area contributed by atoms with Gasteiger partial charge in [-0.2, -0.15) is 11.8 Å². The van der Waals surface area contributed by atoms with E-state index in [-0.39, 0.29) is 6.04 Å². The van der Waals surface area contributed by atoms with Crippen molar-refractivity contribution in [2.45, 2.75) is 25.4 Å². The maximum atomic E-state index is 6.05. The lowest BCUT2D eigenvalue weighted by molar-refractivity contribution is 0.188. The molecule has 0 aliphatic rings. The minimum Gasteiger partial charge on any atom is -0.329 e. The molecule has 19 heavy (non-hydrogen) atoms. The molecular weight excluding hydrogens is 344 g/mol. The van der Waals surface area contributed by atoms with E-state index in [4.69, 9.17) is 17.3 Å². The molecule has 0 spiro atoms. The van der Waals surface area contributed by atoms with Crippen LogP contribution in [-0.2, 0) is 0 Å². The van der Waals surface area contributed by atoms with E-state index in [9.17, 15) is 0 Å². The molecular formula is C14H22BrClN2S. The van der Waals surface area contributed by atoms with E-state index >= 15 is 0 Å². The molecule has 0 amide bonds. The Morgan fingerprint density at radius 2 is 2.16 bits per heavy atom. The fourth-order valence-electron chi connectivity index (χ4n) is 2.23. The quantitative estimate of drug-likeness (QED) is 0.786. The zero-order valence-electron chi connectivity index (χ0n) is 11.7. The highest BCUT2D eigenvalue weighted by molar-refractivity contribution is 9.10. The average molecular weight is 366 g/mol. The standard InChI is InChI=1S/C14H22BrClN2S/c1-4-11(9-19-3)18(2)14(8-17)10-5-6-13(16)12(15)7-10/h5-7,11,14H,4,8-9,17H2,1-3H3. The number of nitrogens with two attached hydrogens (primary N) is 1. The highest BCUT2D eigenvalue weighted by atomic mass is 79.9. The van der Waals surface area contributed by atoms with Gasteiger partial charge in [-0.3, -0.25) is 4.90 Å². The van der Waals surface area contributed by atoms with Crippen LogP contribution in [0.1, 0.15) is 24.9 Å². The maximum absolute atomic E-state index is 6.05. The van der Waals surface area contributed by atoms with Gasteiger partial charge < -0.3 is 5.73 Å². The van der Waals surface area contributed by atoms with Gasteiger partial charge in [-0.15, -0.1) is 0 Å². The summed E-state index contributed by atoms with van der Waals surface area (Å²) in [7, 11) is 2.16. The molecule has 2 nitrogen and oxygen atoms in total. The second-order valence-corrected chi connectivity index (χ2v) is 6.78. The molecule has 2 atom stereocenters. The number of benzene rings is 1.